The van der Waals surface area contributed by atoms with Crippen LogP contribution < -0.4 is 4.74 Å². The number of unbranched alkanes of at least 4 members (excludes halogenated alkanes) is 3. The molecule has 0 atom stereocenters. The van der Waals surface area contributed by atoms with E-state index < -0.39 is 0 Å². The van der Waals surface area contributed by atoms with Crippen molar-refractivity contribution in [2.75, 3.05) is 45.9 Å². The molecule has 1 saturated carbocycles. The molecule has 31 heavy (non-hydrogen) atoms. The van der Waals surface area contributed by atoms with Crippen LogP contribution in [0.5, 0.6) is 5.75 Å². The first kappa shape index (κ1) is 25.8. The maximum Gasteiger partial charge on any atom is 0.409 e. The number of rotatable bonds is 10. The van der Waals surface area contributed by atoms with Gasteiger partial charge in [-0.15, -0.1) is 12.4 Å². The van der Waals surface area contributed by atoms with Crippen LogP contribution in [-0.2, 0) is 4.74 Å². The molecule has 6 heteroatoms. The number of hydrogen-bond donors (Lipinski definition) is 0. The topological polar surface area (TPSA) is 42.0 Å². The number of carbonyl (C=O) groups is 1. The molecule has 0 radical (unpaired) electrons. The molecule has 3 rings (SSSR count). The first-order valence-corrected chi connectivity index (χ1v) is 12.1. The van der Waals surface area contributed by atoms with E-state index in [1.165, 1.54) is 56.9 Å². The van der Waals surface area contributed by atoms with Crippen molar-refractivity contribution in [3.8, 4) is 5.75 Å². The van der Waals surface area contributed by atoms with Gasteiger partial charge in [0.05, 0.1) is 13.2 Å². The molecule has 0 aromatic heterocycles. The van der Waals surface area contributed by atoms with Crippen molar-refractivity contribution in [3.05, 3.63) is 29.8 Å². The molecule has 0 bridgehead atoms. The maximum absolute atomic E-state index is 11.7. The normalized spacial score (nSPS) is 17.8. The molecule has 0 spiro atoms. The van der Waals surface area contributed by atoms with Gasteiger partial charge in [0.2, 0.25) is 0 Å². The van der Waals surface area contributed by atoms with E-state index in [1.54, 1.807) is 0 Å². The van der Waals surface area contributed by atoms with Crippen molar-refractivity contribution in [2.24, 2.45) is 0 Å². The summed E-state index contributed by atoms with van der Waals surface area (Å²) in [7, 11) is 0. The average molecular weight is 453 g/mol. The Hall–Kier alpha value is -1.46. The number of hydrogen-bond acceptors (Lipinski definition) is 4. The van der Waals surface area contributed by atoms with Crippen molar-refractivity contribution < 1.29 is 14.3 Å². The van der Waals surface area contributed by atoms with Gasteiger partial charge in [-0.05, 0) is 62.8 Å². The van der Waals surface area contributed by atoms with Crippen LogP contribution >= 0.6 is 12.4 Å². The summed E-state index contributed by atoms with van der Waals surface area (Å²) >= 11 is 0. The van der Waals surface area contributed by atoms with E-state index in [0.717, 1.165) is 57.4 Å². The van der Waals surface area contributed by atoms with Gasteiger partial charge >= 0.3 is 6.09 Å². The number of piperazine rings is 1. The number of amides is 1. The lowest BCUT2D eigenvalue weighted by Crippen LogP contribution is -2.49. The molecule has 1 amide bonds. The summed E-state index contributed by atoms with van der Waals surface area (Å²) in [4.78, 5) is 16.0. The highest BCUT2D eigenvalue weighted by Crippen LogP contribution is 2.33. The third-order valence-electron chi connectivity index (χ3n) is 6.49. The van der Waals surface area contributed by atoms with Gasteiger partial charge in [0, 0.05) is 26.2 Å². The zero-order valence-corrected chi connectivity index (χ0v) is 20.0. The van der Waals surface area contributed by atoms with Crippen LogP contribution in [0.3, 0.4) is 0 Å². The number of halogens is 1. The number of carbonyl (C=O) groups excluding carboxylic acids is 1. The fourth-order valence-electron chi connectivity index (χ4n) is 4.62. The van der Waals surface area contributed by atoms with E-state index in [2.05, 4.69) is 29.2 Å². The summed E-state index contributed by atoms with van der Waals surface area (Å²) in [6, 6.07) is 8.85. The van der Waals surface area contributed by atoms with E-state index in [0.29, 0.717) is 6.61 Å². The fraction of sp³-hybridized carbons (Fsp3) is 0.720. The second-order valence-corrected chi connectivity index (χ2v) is 8.69. The summed E-state index contributed by atoms with van der Waals surface area (Å²) < 4.78 is 11.0. The van der Waals surface area contributed by atoms with Crippen molar-refractivity contribution in [1.29, 1.82) is 0 Å². The number of ether oxygens (including phenoxy) is 2. The maximum atomic E-state index is 11.7. The zero-order chi connectivity index (χ0) is 21.0. The van der Waals surface area contributed by atoms with Crippen LogP contribution in [0.4, 0.5) is 4.79 Å². The predicted molar refractivity (Wildman–Crippen MR) is 129 cm³/mol. The van der Waals surface area contributed by atoms with E-state index in [-0.39, 0.29) is 18.5 Å². The van der Waals surface area contributed by atoms with E-state index >= 15 is 0 Å². The molecule has 1 aliphatic heterocycles. The Morgan fingerprint density at radius 1 is 0.935 bits per heavy atom. The third kappa shape index (κ3) is 8.89. The van der Waals surface area contributed by atoms with E-state index in [9.17, 15) is 4.79 Å². The molecule has 0 N–H and O–H groups in total. The highest BCUT2D eigenvalue weighted by molar-refractivity contribution is 5.85. The molecule has 1 aliphatic carbocycles. The van der Waals surface area contributed by atoms with Crippen LogP contribution in [0.1, 0.15) is 76.2 Å². The lowest BCUT2D eigenvalue weighted by Gasteiger charge is -2.34. The minimum atomic E-state index is -0.166. The molecule has 5 nitrogen and oxygen atoms in total. The largest absolute Gasteiger partial charge is 0.494 e. The Bertz CT molecular complexity index is 612. The zero-order valence-electron chi connectivity index (χ0n) is 19.2. The third-order valence-corrected chi connectivity index (χ3v) is 6.49. The lowest BCUT2D eigenvalue weighted by molar-refractivity contribution is 0.0792. The minimum Gasteiger partial charge on any atom is -0.494 e. The van der Waals surface area contributed by atoms with Gasteiger partial charge in [0.15, 0.2) is 0 Å². The van der Waals surface area contributed by atoms with Crippen LogP contribution in [0, 0.1) is 0 Å². The molecular formula is C25H41ClN2O3. The van der Waals surface area contributed by atoms with Crippen LogP contribution in [0.2, 0.25) is 0 Å². The lowest BCUT2D eigenvalue weighted by atomic mass is 9.84. The average Bonchev–Trinajstić information content (AvgIpc) is 2.80. The predicted octanol–water partition coefficient (Wildman–Crippen LogP) is 5.87. The quantitative estimate of drug-likeness (QED) is 0.416. The Balaban J connectivity index is 0.00000341. The number of benzene rings is 1. The highest BCUT2D eigenvalue weighted by atomic mass is 35.5. The van der Waals surface area contributed by atoms with Crippen LogP contribution in [0.25, 0.3) is 0 Å². The molecule has 176 valence electrons. The highest BCUT2D eigenvalue weighted by Gasteiger charge is 2.21. The van der Waals surface area contributed by atoms with Gasteiger partial charge < -0.3 is 14.4 Å². The van der Waals surface area contributed by atoms with Gasteiger partial charge in [-0.1, -0.05) is 44.2 Å². The monoisotopic (exact) mass is 452 g/mol. The van der Waals surface area contributed by atoms with Gasteiger partial charge in [-0.3, -0.25) is 4.90 Å². The van der Waals surface area contributed by atoms with Gasteiger partial charge in [-0.25, -0.2) is 4.79 Å². The summed E-state index contributed by atoms with van der Waals surface area (Å²) in [5.74, 6) is 1.77. The van der Waals surface area contributed by atoms with Gasteiger partial charge in [0.1, 0.15) is 5.75 Å². The summed E-state index contributed by atoms with van der Waals surface area (Å²) in [6.45, 7) is 7.72. The van der Waals surface area contributed by atoms with Crippen molar-refractivity contribution in [2.45, 2.75) is 70.6 Å². The molecule has 2 aliphatic rings. The SMILES string of the molecule is CCOC(=O)N1CCN(CCCCCCOc2ccc(C3CCCCC3)cc2)CC1.Cl. The molecule has 1 saturated heterocycles. The number of nitrogens with zero attached hydrogens (tertiary/aromatic N) is 2. The molecular weight excluding hydrogens is 412 g/mol. The fourth-order valence-corrected chi connectivity index (χ4v) is 4.62. The minimum absolute atomic E-state index is 0. The first-order valence-electron chi connectivity index (χ1n) is 12.1. The summed E-state index contributed by atoms with van der Waals surface area (Å²) in [5.41, 5.74) is 1.49. The molecule has 1 heterocycles. The Kier molecular flexibility index (Phi) is 12.1. The summed E-state index contributed by atoms with van der Waals surface area (Å²) in [6.07, 6.45) is 11.5. The molecule has 0 unspecified atom stereocenters. The Morgan fingerprint density at radius 3 is 2.29 bits per heavy atom. The Morgan fingerprint density at radius 2 is 1.61 bits per heavy atom. The van der Waals surface area contributed by atoms with E-state index in [1.807, 2.05) is 11.8 Å². The second kappa shape index (κ2) is 14.6. The molecule has 2 fully saturated rings. The standard InChI is InChI=1S/C25H40N2O3.ClH/c1-2-29-25(28)27-19-17-26(18-20-27)16-8-3-4-9-21-30-24-14-12-23(13-15-24)22-10-6-5-7-11-22;/h12-15,22H,2-11,16-21H2,1H3;1H. The van der Waals surface area contributed by atoms with Crippen molar-refractivity contribution >= 4 is 18.5 Å². The second-order valence-electron chi connectivity index (χ2n) is 8.69. The van der Waals surface area contributed by atoms with E-state index in [4.69, 9.17) is 9.47 Å². The van der Waals surface area contributed by atoms with Crippen LogP contribution in [0.15, 0.2) is 24.3 Å². The van der Waals surface area contributed by atoms with Gasteiger partial charge in [0.25, 0.3) is 0 Å². The molecule has 1 aromatic rings. The Labute approximate surface area is 194 Å². The van der Waals surface area contributed by atoms with Crippen LogP contribution in [-0.4, -0.2) is 61.8 Å². The van der Waals surface area contributed by atoms with Crippen molar-refractivity contribution in [3.63, 3.8) is 0 Å². The smallest absolute Gasteiger partial charge is 0.409 e. The summed E-state index contributed by atoms with van der Waals surface area (Å²) in [5, 5.41) is 0. The van der Waals surface area contributed by atoms with Crippen molar-refractivity contribution in [1.82, 2.24) is 9.80 Å². The molecule has 1 aromatic carbocycles. The first-order chi connectivity index (χ1) is 14.8. The van der Waals surface area contributed by atoms with Gasteiger partial charge in [-0.2, -0.15) is 0 Å².